The lowest BCUT2D eigenvalue weighted by Crippen LogP contribution is -2.11. The van der Waals surface area contributed by atoms with E-state index in [0.717, 1.165) is 5.70 Å². The molecule has 0 aromatic heterocycles. The fraction of sp³-hybridized carbons (Fsp3) is 0.455. The predicted molar refractivity (Wildman–Crippen MR) is 62.4 cm³/mol. The Bertz CT molecular complexity index is 282. The van der Waals surface area contributed by atoms with E-state index in [1.54, 1.807) is 0 Å². The van der Waals surface area contributed by atoms with E-state index in [4.69, 9.17) is 5.73 Å². The Kier molecular flexibility index (Phi) is 2.98. The van der Waals surface area contributed by atoms with Crippen LogP contribution >= 0.6 is 9.24 Å². The highest BCUT2D eigenvalue weighted by Gasteiger charge is 2.15. The van der Waals surface area contributed by atoms with E-state index in [1.165, 1.54) is 5.57 Å². The second-order valence-electron chi connectivity index (χ2n) is 4.14. The van der Waals surface area contributed by atoms with Crippen molar-refractivity contribution in [3.05, 3.63) is 35.6 Å². The Balaban J connectivity index is 3.04. The third-order valence-corrected chi connectivity index (χ3v) is 2.42. The summed E-state index contributed by atoms with van der Waals surface area (Å²) in [5.74, 6) is 0.551. The van der Waals surface area contributed by atoms with Gasteiger partial charge >= 0.3 is 0 Å². The van der Waals surface area contributed by atoms with E-state index < -0.39 is 0 Å². The molecule has 2 N–H and O–H groups in total. The number of rotatable bonds is 1. The fourth-order valence-electron chi connectivity index (χ4n) is 1.41. The Morgan fingerprint density at radius 2 is 1.92 bits per heavy atom. The van der Waals surface area contributed by atoms with E-state index in [9.17, 15) is 0 Å². The molecule has 72 valence electrons. The molecule has 0 fully saturated rings. The normalized spacial score (nSPS) is 28.4. The Hall–Kier alpha value is -0.550. The van der Waals surface area contributed by atoms with Gasteiger partial charge in [-0.1, -0.05) is 26.0 Å². The minimum atomic E-state index is -0.00676. The molecule has 0 aromatic rings. The predicted octanol–water partition coefficient (Wildman–Crippen LogP) is 2.62. The Labute approximate surface area is 83.0 Å². The van der Waals surface area contributed by atoms with Crippen molar-refractivity contribution in [1.29, 1.82) is 0 Å². The van der Waals surface area contributed by atoms with Gasteiger partial charge in [0.05, 0.1) is 0 Å². The monoisotopic (exact) mass is 195 g/mol. The summed E-state index contributed by atoms with van der Waals surface area (Å²) in [7, 11) is 2.82. The van der Waals surface area contributed by atoms with E-state index in [1.807, 2.05) is 6.08 Å². The van der Waals surface area contributed by atoms with Crippen molar-refractivity contribution in [3.8, 4) is 0 Å². The molecule has 0 saturated heterocycles. The summed E-state index contributed by atoms with van der Waals surface area (Å²) in [5.41, 5.74) is 7.98. The Morgan fingerprint density at radius 3 is 2.46 bits per heavy atom. The van der Waals surface area contributed by atoms with Gasteiger partial charge in [-0.3, -0.25) is 0 Å². The molecule has 1 aliphatic rings. The summed E-state index contributed by atoms with van der Waals surface area (Å²) in [6.45, 7) is 6.52. The molecular weight excluding hydrogens is 177 g/mol. The van der Waals surface area contributed by atoms with E-state index in [-0.39, 0.29) is 5.16 Å². The van der Waals surface area contributed by atoms with Crippen LogP contribution in [0.1, 0.15) is 20.8 Å². The molecule has 0 heterocycles. The summed E-state index contributed by atoms with van der Waals surface area (Å²) in [4.78, 5) is 0. The molecule has 0 aliphatic heterocycles. The molecule has 0 saturated carbocycles. The van der Waals surface area contributed by atoms with E-state index in [2.05, 4.69) is 48.2 Å². The molecule has 1 rings (SSSR count). The van der Waals surface area contributed by atoms with Crippen LogP contribution < -0.4 is 5.73 Å². The lowest BCUT2D eigenvalue weighted by Gasteiger charge is -2.17. The van der Waals surface area contributed by atoms with Crippen LogP contribution in [0.25, 0.3) is 0 Å². The van der Waals surface area contributed by atoms with Gasteiger partial charge in [0.1, 0.15) is 0 Å². The zero-order chi connectivity index (χ0) is 10.1. The maximum Gasteiger partial charge on any atom is 0.0285 e. The van der Waals surface area contributed by atoms with Crippen LogP contribution in [-0.4, -0.2) is 5.16 Å². The fourth-order valence-corrected chi connectivity index (χ4v) is 1.79. The van der Waals surface area contributed by atoms with Crippen LogP contribution in [0.5, 0.6) is 0 Å². The SMILES string of the molecule is CC(C)C1=CC(C)(P)C=C(N)C=C1. The van der Waals surface area contributed by atoms with Gasteiger partial charge in [0.15, 0.2) is 0 Å². The molecule has 1 nitrogen and oxygen atoms in total. The molecule has 2 unspecified atom stereocenters. The first-order valence-corrected chi connectivity index (χ1v) is 5.16. The second-order valence-corrected chi connectivity index (χ2v) is 5.39. The topological polar surface area (TPSA) is 26.0 Å². The van der Waals surface area contributed by atoms with Crippen molar-refractivity contribution in [2.75, 3.05) is 0 Å². The summed E-state index contributed by atoms with van der Waals surface area (Å²) in [6, 6.07) is 0. The van der Waals surface area contributed by atoms with Crippen LogP contribution in [0.4, 0.5) is 0 Å². The zero-order valence-corrected chi connectivity index (χ0v) is 9.70. The summed E-state index contributed by atoms with van der Waals surface area (Å²) >= 11 is 0. The highest BCUT2D eigenvalue weighted by atomic mass is 31.0. The number of allylic oxidation sites excluding steroid dienone is 5. The van der Waals surface area contributed by atoms with Crippen molar-refractivity contribution in [2.45, 2.75) is 25.9 Å². The zero-order valence-electron chi connectivity index (χ0n) is 8.54. The maximum atomic E-state index is 5.80. The number of hydrogen-bond donors (Lipinski definition) is 1. The number of nitrogens with two attached hydrogens (primary N) is 1. The minimum Gasteiger partial charge on any atom is -0.399 e. The third kappa shape index (κ3) is 3.00. The Morgan fingerprint density at radius 1 is 1.31 bits per heavy atom. The average molecular weight is 195 g/mol. The summed E-state index contributed by atoms with van der Waals surface area (Å²) in [6.07, 6.45) is 8.38. The molecule has 0 spiro atoms. The first-order valence-electron chi connectivity index (χ1n) is 4.59. The van der Waals surface area contributed by atoms with Gasteiger partial charge in [-0.25, -0.2) is 0 Å². The first kappa shape index (κ1) is 10.5. The van der Waals surface area contributed by atoms with Gasteiger partial charge in [-0.2, -0.15) is 0 Å². The molecular formula is C11H18NP. The molecule has 2 heteroatoms. The van der Waals surface area contributed by atoms with Gasteiger partial charge in [0, 0.05) is 10.9 Å². The third-order valence-electron chi connectivity index (χ3n) is 2.09. The molecule has 0 aromatic carbocycles. The summed E-state index contributed by atoms with van der Waals surface area (Å²) in [5, 5.41) is -0.00676. The number of hydrogen-bond acceptors (Lipinski definition) is 1. The van der Waals surface area contributed by atoms with Gasteiger partial charge in [-0.15, -0.1) is 9.24 Å². The van der Waals surface area contributed by atoms with Crippen LogP contribution in [0, 0.1) is 5.92 Å². The molecule has 0 bridgehead atoms. The van der Waals surface area contributed by atoms with E-state index in [0.29, 0.717) is 5.92 Å². The lowest BCUT2D eigenvalue weighted by molar-refractivity contribution is 0.779. The highest BCUT2D eigenvalue weighted by Crippen LogP contribution is 2.29. The van der Waals surface area contributed by atoms with Gasteiger partial charge < -0.3 is 5.73 Å². The van der Waals surface area contributed by atoms with Crippen LogP contribution in [0.3, 0.4) is 0 Å². The quantitative estimate of drug-likeness (QED) is 0.639. The average Bonchev–Trinajstić information content (AvgIpc) is 2.07. The van der Waals surface area contributed by atoms with Gasteiger partial charge in [0.25, 0.3) is 0 Å². The molecule has 0 amide bonds. The van der Waals surface area contributed by atoms with Gasteiger partial charge in [-0.05, 0) is 30.6 Å². The minimum absolute atomic E-state index is 0.00676. The molecule has 13 heavy (non-hydrogen) atoms. The largest absolute Gasteiger partial charge is 0.399 e. The first-order chi connectivity index (χ1) is 5.91. The van der Waals surface area contributed by atoms with Crippen molar-refractivity contribution >= 4 is 9.24 Å². The van der Waals surface area contributed by atoms with Crippen molar-refractivity contribution < 1.29 is 0 Å². The van der Waals surface area contributed by atoms with Gasteiger partial charge in [0.2, 0.25) is 0 Å². The molecule has 0 radical (unpaired) electrons. The second kappa shape index (κ2) is 3.67. The van der Waals surface area contributed by atoms with Crippen molar-refractivity contribution in [3.63, 3.8) is 0 Å². The maximum absolute atomic E-state index is 5.80. The van der Waals surface area contributed by atoms with Crippen LogP contribution in [0.2, 0.25) is 0 Å². The standard InChI is InChI=1S/C11H18NP/c1-8(2)9-4-5-10(12)7-11(3,13)6-9/h4-8H,12-13H2,1-3H3. The molecule has 2 atom stereocenters. The smallest absolute Gasteiger partial charge is 0.0285 e. The van der Waals surface area contributed by atoms with Crippen LogP contribution in [-0.2, 0) is 0 Å². The van der Waals surface area contributed by atoms with Crippen molar-refractivity contribution in [2.24, 2.45) is 11.7 Å². The van der Waals surface area contributed by atoms with E-state index >= 15 is 0 Å². The highest BCUT2D eigenvalue weighted by molar-refractivity contribution is 7.19. The van der Waals surface area contributed by atoms with Crippen LogP contribution in [0.15, 0.2) is 35.6 Å². The van der Waals surface area contributed by atoms with Crippen molar-refractivity contribution in [1.82, 2.24) is 0 Å². The molecule has 1 aliphatic carbocycles. The summed E-state index contributed by atoms with van der Waals surface area (Å²) < 4.78 is 0. The lowest BCUT2D eigenvalue weighted by atomic mass is 9.99.